The summed E-state index contributed by atoms with van der Waals surface area (Å²) in [5.41, 5.74) is 1.95. The van der Waals surface area contributed by atoms with Crippen molar-refractivity contribution in [1.29, 1.82) is 0 Å². The third-order valence-electron chi connectivity index (χ3n) is 3.56. The molecule has 126 valence electrons. The van der Waals surface area contributed by atoms with Gasteiger partial charge in [-0.1, -0.05) is 6.07 Å². The number of nitrogens with zero attached hydrogens (tertiary/aromatic N) is 1. The van der Waals surface area contributed by atoms with Crippen molar-refractivity contribution < 1.29 is 14.7 Å². The summed E-state index contributed by atoms with van der Waals surface area (Å²) in [6, 6.07) is 13.3. The first-order valence-electron chi connectivity index (χ1n) is 7.79. The first kappa shape index (κ1) is 17.3. The molecule has 0 aromatic heterocycles. The largest absolute Gasteiger partial charge is 0.508 e. The van der Waals surface area contributed by atoms with E-state index in [2.05, 4.69) is 29.4 Å². The van der Waals surface area contributed by atoms with Gasteiger partial charge in [0, 0.05) is 36.2 Å². The Morgan fingerprint density at radius 3 is 2.04 bits per heavy atom. The number of amides is 2. The van der Waals surface area contributed by atoms with Gasteiger partial charge in [-0.05, 0) is 50.2 Å². The average molecular weight is 327 g/mol. The number of benzene rings is 2. The summed E-state index contributed by atoms with van der Waals surface area (Å²) in [7, 11) is 0. The van der Waals surface area contributed by atoms with E-state index in [0.717, 1.165) is 18.8 Å². The fraction of sp³-hybridized carbons (Fsp3) is 0.222. The standard InChI is InChI=1S/C18H21N3O3/c1-3-21(4-2)15-10-8-13(9-11-15)19-17(23)18(24)20-14-6-5-7-16(22)12-14/h5-12,22H,3-4H2,1-2H3,(H,19,23)(H,20,24). The first-order chi connectivity index (χ1) is 11.5. The van der Waals surface area contributed by atoms with E-state index in [4.69, 9.17) is 0 Å². The van der Waals surface area contributed by atoms with Crippen molar-refractivity contribution in [3.05, 3.63) is 48.5 Å². The zero-order valence-corrected chi connectivity index (χ0v) is 13.7. The quantitative estimate of drug-likeness (QED) is 0.738. The van der Waals surface area contributed by atoms with Crippen LogP contribution in [0.15, 0.2) is 48.5 Å². The molecule has 0 aliphatic heterocycles. The van der Waals surface area contributed by atoms with Crippen LogP contribution in [0.4, 0.5) is 17.1 Å². The number of carbonyl (C=O) groups is 2. The van der Waals surface area contributed by atoms with Crippen molar-refractivity contribution in [2.45, 2.75) is 13.8 Å². The predicted octanol–water partition coefficient (Wildman–Crippen LogP) is 2.82. The number of rotatable bonds is 5. The Labute approximate surface area is 141 Å². The van der Waals surface area contributed by atoms with Crippen molar-refractivity contribution >= 4 is 28.9 Å². The van der Waals surface area contributed by atoms with Crippen LogP contribution in [-0.4, -0.2) is 30.0 Å². The molecule has 0 saturated heterocycles. The molecule has 0 saturated carbocycles. The van der Waals surface area contributed by atoms with Gasteiger partial charge in [-0.2, -0.15) is 0 Å². The Morgan fingerprint density at radius 2 is 1.50 bits per heavy atom. The number of carbonyl (C=O) groups excluding carboxylic acids is 2. The number of aromatic hydroxyl groups is 1. The highest BCUT2D eigenvalue weighted by molar-refractivity contribution is 6.43. The Morgan fingerprint density at radius 1 is 0.917 bits per heavy atom. The zero-order chi connectivity index (χ0) is 17.5. The minimum atomic E-state index is -0.798. The smallest absolute Gasteiger partial charge is 0.314 e. The lowest BCUT2D eigenvalue weighted by Crippen LogP contribution is -2.29. The molecule has 0 atom stereocenters. The molecule has 0 heterocycles. The van der Waals surface area contributed by atoms with E-state index in [1.54, 1.807) is 24.3 Å². The molecule has 2 aromatic rings. The molecular formula is C18H21N3O3. The van der Waals surface area contributed by atoms with Crippen LogP contribution < -0.4 is 15.5 Å². The van der Waals surface area contributed by atoms with Gasteiger partial charge in [-0.3, -0.25) is 9.59 Å². The van der Waals surface area contributed by atoms with Crippen LogP contribution in [0.2, 0.25) is 0 Å². The van der Waals surface area contributed by atoms with Crippen LogP contribution in [0.25, 0.3) is 0 Å². The van der Waals surface area contributed by atoms with Gasteiger partial charge in [0.1, 0.15) is 5.75 Å². The summed E-state index contributed by atoms with van der Waals surface area (Å²) >= 11 is 0. The first-order valence-corrected chi connectivity index (χ1v) is 7.79. The molecule has 0 bridgehead atoms. The summed E-state index contributed by atoms with van der Waals surface area (Å²) in [6.07, 6.45) is 0. The summed E-state index contributed by atoms with van der Waals surface area (Å²) in [6.45, 7) is 5.94. The minimum Gasteiger partial charge on any atom is -0.508 e. The molecule has 0 aliphatic carbocycles. The van der Waals surface area contributed by atoms with E-state index in [9.17, 15) is 14.7 Å². The van der Waals surface area contributed by atoms with Crippen molar-refractivity contribution in [3.8, 4) is 5.75 Å². The number of hydrogen-bond acceptors (Lipinski definition) is 4. The normalized spacial score (nSPS) is 10.1. The number of nitrogens with one attached hydrogen (secondary N) is 2. The van der Waals surface area contributed by atoms with E-state index < -0.39 is 11.8 Å². The highest BCUT2D eigenvalue weighted by atomic mass is 16.3. The topological polar surface area (TPSA) is 81.7 Å². The summed E-state index contributed by atoms with van der Waals surface area (Å²) in [4.78, 5) is 26.0. The van der Waals surface area contributed by atoms with Gasteiger partial charge in [0.2, 0.25) is 0 Å². The highest BCUT2D eigenvalue weighted by Crippen LogP contribution is 2.18. The predicted molar refractivity (Wildman–Crippen MR) is 95.4 cm³/mol. The second kappa shape index (κ2) is 8.01. The second-order valence-electron chi connectivity index (χ2n) is 5.18. The Hall–Kier alpha value is -3.02. The third kappa shape index (κ3) is 4.49. The van der Waals surface area contributed by atoms with E-state index in [1.807, 2.05) is 12.1 Å². The van der Waals surface area contributed by atoms with Crippen molar-refractivity contribution in [2.75, 3.05) is 28.6 Å². The molecule has 6 nitrogen and oxygen atoms in total. The van der Waals surface area contributed by atoms with Gasteiger partial charge in [0.15, 0.2) is 0 Å². The van der Waals surface area contributed by atoms with Gasteiger partial charge in [-0.15, -0.1) is 0 Å². The third-order valence-corrected chi connectivity index (χ3v) is 3.56. The Balaban J connectivity index is 1.97. The molecule has 2 amide bonds. The molecule has 0 aliphatic rings. The average Bonchev–Trinajstić information content (AvgIpc) is 2.57. The lowest BCUT2D eigenvalue weighted by atomic mass is 10.2. The molecule has 0 radical (unpaired) electrons. The molecular weight excluding hydrogens is 306 g/mol. The van der Waals surface area contributed by atoms with Gasteiger partial charge in [0.05, 0.1) is 0 Å². The lowest BCUT2D eigenvalue weighted by molar-refractivity contribution is -0.132. The minimum absolute atomic E-state index is 0.0141. The SMILES string of the molecule is CCN(CC)c1ccc(NC(=O)C(=O)Nc2cccc(O)c2)cc1. The van der Waals surface area contributed by atoms with E-state index >= 15 is 0 Å². The van der Waals surface area contributed by atoms with E-state index in [-0.39, 0.29) is 5.75 Å². The maximum Gasteiger partial charge on any atom is 0.314 e. The summed E-state index contributed by atoms with van der Waals surface area (Å²) in [5, 5.41) is 14.3. The highest BCUT2D eigenvalue weighted by Gasteiger charge is 2.14. The molecule has 3 N–H and O–H groups in total. The molecule has 6 heteroatoms. The van der Waals surface area contributed by atoms with Gasteiger partial charge in [-0.25, -0.2) is 0 Å². The van der Waals surface area contributed by atoms with Crippen molar-refractivity contribution in [1.82, 2.24) is 0 Å². The molecule has 0 fully saturated rings. The van der Waals surface area contributed by atoms with Gasteiger partial charge >= 0.3 is 11.8 Å². The lowest BCUT2D eigenvalue weighted by Gasteiger charge is -2.21. The molecule has 0 unspecified atom stereocenters. The number of phenols is 1. The number of anilines is 3. The van der Waals surface area contributed by atoms with Gasteiger partial charge in [0.25, 0.3) is 0 Å². The monoisotopic (exact) mass is 327 g/mol. The Bertz CT molecular complexity index is 710. The van der Waals surface area contributed by atoms with Crippen molar-refractivity contribution in [2.24, 2.45) is 0 Å². The maximum atomic E-state index is 11.9. The van der Waals surface area contributed by atoms with E-state index in [1.165, 1.54) is 12.1 Å². The summed E-state index contributed by atoms with van der Waals surface area (Å²) in [5.74, 6) is -1.55. The zero-order valence-electron chi connectivity index (χ0n) is 13.7. The van der Waals surface area contributed by atoms with Crippen LogP contribution in [0.3, 0.4) is 0 Å². The van der Waals surface area contributed by atoms with Crippen molar-refractivity contribution in [3.63, 3.8) is 0 Å². The molecule has 0 spiro atoms. The number of phenolic OH excluding ortho intramolecular Hbond substituents is 1. The van der Waals surface area contributed by atoms with Crippen LogP contribution >= 0.6 is 0 Å². The van der Waals surface area contributed by atoms with E-state index in [0.29, 0.717) is 11.4 Å². The van der Waals surface area contributed by atoms with Crippen LogP contribution in [0, 0.1) is 0 Å². The summed E-state index contributed by atoms with van der Waals surface area (Å²) < 4.78 is 0. The Kier molecular flexibility index (Phi) is 5.78. The van der Waals surface area contributed by atoms with Crippen LogP contribution in [0.5, 0.6) is 5.75 Å². The fourth-order valence-corrected chi connectivity index (χ4v) is 2.30. The molecule has 2 aromatic carbocycles. The maximum absolute atomic E-state index is 11.9. The molecule has 2 rings (SSSR count). The number of hydrogen-bond donors (Lipinski definition) is 3. The second-order valence-corrected chi connectivity index (χ2v) is 5.18. The van der Waals surface area contributed by atoms with Crippen LogP contribution in [-0.2, 0) is 9.59 Å². The fourth-order valence-electron chi connectivity index (χ4n) is 2.30. The van der Waals surface area contributed by atoms with Crippen LogP contribution in [0.1, 0.15) is 13.8 Å². The molecule has 24 heavy (non-hydrogen) atoms. The van der Waals surface area contributed by atoms with Gasteiger partial charge < -0.3 is 20.6 Å².